The molecule has 2 nitrogen and oxygen atoms in total. The molecule has 3 heteroatoms. The maximum atomic E-state index is 13.3. The molecule has 0 unspecified atom stereocenters. The minimum absolute atomic E-state index is 0.209. The Morgan fingerprint density at radius 2 is 2.05 bits per heavy atom. The van der Waals surface area contributed by atoms with E-state index in [0.717, 1.165) is 34.2 Å². The second-order valence-electron chi connectivity index (χ2n) is 4.53. The molecule has 0 radical (unpaired) electrons. The van der Waals surface area contributed by atoms with Gasteiger partial charge in [0.05, 0.1) is 7.11 Å². The first-order valence-corrected chi connectivity index (χ1v) is 6.15. The van der Waals surface area contributed by atoms with Crippen molar-refractivity contribution in [2.24, 2.45) is 0 Å². The highest BCUT2D eigenvalue weighted by Gasteiger charge is 2.06. The smallest absolute Gasteiger partial charge is 0.123 e. The summed E-state index contributed by atoms with van der Waals surface area (Å²) >= 11 is 0. The van der Waals surface area contributed by atoms with Gasteiger partial charge in [0.15, 0.2) is 0 Å². The van der Waals surface area contributed by atoms with Crippen molar-refractivity contribution in [3.63, 3.8) is 0 Å². The van der Waals surface area contributed by atoms with E-state index < -0.39 is 0 Å². The van der Waals surface area contributed by atoms with Crippen LogP contribution in [0, 0.1) is 5.82 Å². The number of benzene rings is 2. The fraction of sp³-hybridized carbons (Fsp3) is 0.125. The number of aromatic amines is 1. The van der Waals surface area contributed by atoms with Crippen molar-refractivity contribution >= 4 is 10.9 Å². The molecule has 0 atom stereocenters. The highest BCUT2D eigenvalue weighted by molar-refractivity contribution is 5.83. The molecule has 0 fully saturated rings. The number of ether oxygens (including phenoxy) is 1. The Hall–Kier alpha value is -2.29. The molecule has 0 aliphatic rings. The van der Waals surface area contributed by atoms with Gasteiger partial charge >= 0.3 is 0 Å². The summed E-state index contributed by atoms with van der Waals surface area (Å²) in [6.07, 6.45) is 2.68. The first kappa shape index (κ1) is 11.8. The maximum Gasteiger partial charge on any atom is 0.123 e. The first-order chi connectivity index (χ1) is 9.26. The molecule has 0 bridgehead atoms. The van der Waals surface area contributed by atoms with Crippen LogP contribution in [0.15, 0.2) is 48.7 Å². The third kappa shape index (κ3) is 2.32. The average Bonchev–Trinajstić information content (AvgIpc) is 2.81. The van der Waals surface area contributed by atoms with E-state index in [1.165, 1.54) is 6.07 Å². The molecule has 96 valence electrons. The predicted octanol–water partition coefficient (Wildman–Crippen LogP) is 3.91. The first-order valence-electron chi connectivity index (χ1n) is 6.15. The molecule has 1 heterocycles. The van der Waals surface area contributed by atoms with Crippen LogP contribution in [0.1, 0.15) is 11.1 Å². The van der Waals surface area contributed by atoms with E-state index in [0.29, 0.717) is 0 Å². The van der Waals surface area contributed by atoms with Crippen molar-refractivity contribution in [3.05, 3.63) is 65.6 Å². The molecule has 3 aromatic rings. The minimum Gasteiger partial charge on any atom is -0.497 e. The average molecular weight is 255 g/mol. The quantitative estimate of drug-likeness (QED) is 0.754. The molecule has 0 spiro atoms. The number of fused-ring (bicyclic) bond motifs is 1. The number of methoxy groups -OCH3 is 1. The van der Waals surface area contributed by atoms with Gasteiger partial charge in [0.25, 0.3) is 0 Å². The minimum atomic E-state index is -0.209. The van der Waals surface area contributed by atoms with Crippen LogP contribution < -0.4 is 4.74 Å². The van der Waals surface area contributed by atoms with Crippen LogP contribution in [0.5, 0.6) is 5.75 Å². The fourth-order valence-electron chi connectivity index (χ4n) is 2.30. The van der Waals surface area contributed by atoms with Gasteiger partial charge in [0, 0.05) is 17.1 Å². The molecule has 0 aliphatic heterocycles. The van der Waals surface area contributed by atoms with Crippen molar-refractivity contribution in [1.29, 1.82) is 0 Å². The van der Waals surface area contributed by atoms with Gasteiger partial charge in [-0.2, -0.15) is 0 Å². The number of halogens is 1. The van der Waals surface area contributed by atoms with Crippen molar-refractivity contribution in [1.82, 2.24) is 4.98 Å². The van der Waals surface area contributed by atoms with E-state index in [2.05, 4.69) is 4.98 Å². The van der Waals surface area contributed by atoms with E-state index in [1.54, 1.807) is 19.2 Å². The summed E-state index contributed by atoms with van der Waals surface area (Å²) in [5.41, 5.74) is 3.19. The summed E-state index contributed by atoms with van der Waals surface area (Å²) in [7, 11) is 1.65. The van der Waals surface area contributed by atoms with Gasteiger partial charge in [-0.1, -0.05) is 12.1 Å². The zero-order valence-electron chi connectivity index (χ0n) is 10.6. The van der Waals surface area contributed by atoms with Crippen LogP contribution in [-0.4, -0.2) is 12.1 Å². The monoisotopic (exact) mass is 255 g/mol. The Morgan fingerprint density at radius 3 is 2.89 bits per heavy atom. The largest absolute Gasteiger partial charge is 0.497 e. The van der Waals surface area contributed by atoms with Gasteiger partial charge < -0.3 is 9.72 Å². The van der Waals surface area contributed by atoms with Gasteiger partial charge in [0.2, 0.25) is 0 Å². The Labute approximate surface area is 110 Å². The normalized spacial score (nSPS) is 10.8. The van der Waals surface area contributed by atoms with Crippen LogP contribution >= 0.6 is 0 Å². The molecule has 0 aliphatic carbocycles. The second-order valence-corrected chi connectivity index (χ2v) is 4.53. The van der Waals surface area contributed by atoms with Crippen molar-refractivity contribution in [3.8, 4) is 5.75 Å². The summed E-state index contributed by atoms with van der Waals surface area (Å²) in [5, 5.41) is 0.933. The third-order valence-corrected chi connectivity index (χ3v) is 3.26. The van der Waals surface area contributed by atoms with Crippen molar-refractivity contribution in [2.75, 3.05) is 7.11 Å². The van der Waals surface area contributed by atoms with E-state index >= 15 is 0 Å². The Bertz CT molecular complexity index is 718. The highest BCUT2D eigenvalue weighted by Crippen LogP contribution is 2.23. The van der Waals surface area contributed by atoms with E-state index in [9.17, 15) is 4.39 Å². The van der Waals surface area contributed by atoms with Gasteiger partial charge in [-0.05, 0) is 47.9 Å². The zero-order chi connectivity index (χ0) is 13.2. The third-order valence-electron chi connectivity index (χ3n) is 3.26. The van der Waals surface area contributed by atoms with Gasteiger partial charge in [-0.3, -0.25) is 0 Å². The second kappa shape index (κ2) is 4.76. The summed E-state index contributed by atoms with van der Waals surface area (Å²) in [4.78, 5) is 3.17. The van der Waals surface area contributed by atoms with E-state index in [1.807, 2.05) is 30.5 Å². The zero-order valence-corrected chi connectivity index (χ0v) is 10.6. The lowest BCUT2D eigenvalue weighted by molar-refractivity contribution is 0.414. The summed E-state index contributed by atoms with van der Waals surface area (Å²) < 4.78 is 18.5. The molecule has 19 heavy (non-hydrogen) atoms. The van der Waals surface area contributed by atoms with Crippen molar-refractivity contribution in [2.45, 2.75) is 6.42 Å². The number of H-pyrrole nitrogens is 1. The number of aromatic nitrogens is 1. The Morgan fingerprint density at radius 1 is 1.16 bits per heavy atom. The molecular formula is C16H14FNO. The highest BCUT2D eigenvalue weighted by atomic mass is 19.1. The van der Waals surface area contributed by atoms with Gasteiger partial charge in [-0.15, -0.1) is 0 Å². The Balaban J connectivity index is 1.98. The lowest BCUT2D eigenvalue weighted by Gasteiger charge is -2.04. The standard InChI is InChI=1S/C16H14FNO/c1-19-14-4-2-3-11(8-14)7-12-10-18-16-6-5-13(17)9-15(12)16/h2-6,8-10,18H,7H2,1H3. The molecule has 0 amide bonds. The van der Waals surface area contributed by atoms with E-state index in [4.69, 9.17) is 4.74 Å². The SMILES string of the molecule is COc1cccc(Cc2c[nH]c3ccc(F)cc23)c1. The summed E-state index contributed by atoms with van der Waals surface area (Å²) in [6.45, 7) is 0. The number of rotatable bonds is 3. The molecule has 0 saturated heterocycles. The number of nitrogens with one attached hydrogen (secondary N) is 1. The maximum absolute atomic E-state index is 13.3. The van der Waals surface area contributed by atoms with Crippen LogP contribution in [0.2, 0.25) is 0 Å². The summed E-state index contributed by atoms with van der Waals surface area (Å²) in [5.74, 6) is 0.627. The van der Waals surface area contributed by atoms with Crippen LogP contribution in [-0.2, 0) is 6.42 Å². The lowest BCUT2D eigenvalue weighted by atomic mass is 10.0. The number of hydrogen-bond acceptors (Lipinski definition) is 1. The lowest BCUT2D eigenvalue weighted by Crippen LogP contribution is -1.89. The molecule has 1 N–H and O–H groups in total. The molecule has 3 rings (SSSR count). The van der Waals surface area contributed by atoms with Crippen molar-refractivity contribution < 1.29 is 9.13 Å². The Kier molecular flexibility index (Phi) is 2.95. The topological polar surface area (TPSA) is 25.0 Å². The van der Waals surface area contributed by atoms with Crippen LogP contribution in [0.3, 0.4) is 0 Å². The number of hydrogen-bond donors (Lipinski definition) is 1. The van der Waals surface area contributed by atoms with E-state index in [-0.39, 0.29) is 5.82 Å². The molecule has 2 aromatic carbocycles. The molecule has 0 saturated carbocycles. The predicted molar refractivity (Wildman–Crippen MR) is 74.1 cm³/mol. The van der Waals surface area contributed by atoms with Crippen LogP contribution in [0.4, 0.5) is 4.39 Å². The van der Waals surface area contributed by atoms with Gasteiger partial charge in [0.1, 0.15) is 11.6 Å². The summed E-state index contributed by atoms with van der Waals surface area (Å²) in [6, 6.07) is 12.7. The van der Waals surface area contributed by atoms with Crippen LogP contribution in [0.25, 0.3) is 10.9 Å². The molecule has 1 aromatic heterocycles. The van der Waals surface area contributed by atoms with Gasteiger partial charge in [-0.25, -0.2) is 4.39 Å². The fourth-order valence-corrected chi connectivity index (χ4v) is 2.30. The molecular weight excluding hydrogens is 241 g/mol.